The zero-order valence-electron chi connectivity index (χ0n) is 9.62. The number of carbonyl (C=O) groups is 2. The van der Waals surface area contributed by atoms with Crippen LogP contribution in [0, 0.1) is 6.92 Å². The lowest BCUT2D eigenvalue weighted by Gasteiger charge is -2.04. The van der Waals surface area contributed by atoms with Crippen molar-refractivity contribution >= 4 is 21.9 Å². The van der Waals surface area contributed by atoms with Crippen LogP contribution in [0.3, 0.4) is 0 Å². The highest BCUT2D eigenvalue weighted by atomic mass is 32.2. The number of rotatable bonds is 6. The fourth-order valence-corrected chi connectivity index (χ4v) is 2.03. The molecule has 1 aromatic rings. The molecule has 0 unspecified atom stereocenters. The van der Waals surface area contributed by atoms with Gasteiger partial charge in [-0.25, -0.2) is 4.79 Å². The Morgan fingerprint density at radius 1 is 1.22 bits per heavy atom. The minimum absolute atomic E-state index is 0.0316. The van der Waals surface area contributed by atoms with Crippen molar-refractivity contribution in [3.05, 3.63) is 29.8 Å². The van der Waals surface area contributed by atoms with Crippen molar-refractivity contribution < 1.29 is 27.3 Å². The molecular weight excluding hydrogens is 260 g/mol. The van der Waals surface area contributed by atoms with Gasteiger partial charge < -0.3 is 5.11 Å². The van der Waals surface area contributed by atoms with E-state index in [1.165, 1.54) is 12.1 Å². The minimum Gasteiger partial charge on any atom is -0.475 e. The Bertz CT molecular complexity index is 543. The van der Waals surface area contributed by atoms with E-state index >= 15 is 0 Å². The molecule has 1 rings (SSSR count). The molecule has 18 heavy (non-hydrogen) atoms. The maximum atomic E-state index is 11.6. The number of ketones is 1. The maximum absolute atomic E-state index is 11.6. The van der Waals surface area contributed by atoms with Gasteiger partial charge in [0.25, 0.3) is 10.1 Å². The third-order valence-electron chi connectivity index (χ3n) is 2.12. The van der Waals surface area contributed by atoms with Crippen molar-refractivity contribution in [3.63, 3.8) is 0 Å². The summed E-state index contributed by atoms with van der Waals surface area (Å²) in [6, 6.07) is 5.98. The molecule has 1 N–H and O–H groups in total. The first-order valence-corrected chi connectivity index (χ1v) is 6.46. The molecule has 0 spiro atoms. The first kappa shape index (κ1) is 14.3. The molecule has 0 aliphatic carbocycles. The average Bonchev–Trinajstić information content (AvgIpc) is 2.29. The van der Waals surface area contributed by atoms with E-state index in [1.807, 2.05) is 6.92 Å². The molecule has 6 nitrogen and oxygen atoms in total. The van der Waals surface area contributed by atoms with Gasteiger partial charge in [0.1, 0.15) is 0 Å². The first-order valence-electron chi connectivity index (χ1n) is 5.05. The predicted molar refractivity (Wildman–Crippen MR) is 61.6 cm³/mol. The van der Waals surface area contributed by atoms with Gasteiger partial charge in [-0.15, -0.1) is 0 Å². The van der Waals surface area contributed by atoms with E-state index in [0.717, 1.165) is 5.56 Å². The molecule has 98 valence electrons. The highest BCUT2D eigenvalue weighted by Gasteiger charge is 2.17. The van der Waals surface area contributed by atoms with E-state index in [9.17, 15) is 18.0 Å². The molecule has 0 saturated heterocycles. The van der Waals surface area contributed by atoms with Crippen LogP contribution in [-0.2, 0) is 23.9 Å². The van der Waals surface area contributed by atoms with E-state index in [0.29, 0.717) is 0 Å². The smallest absolute Gasteiger partial charge is 0.372 e. The van der Waals surface area contributed by atoms with Crippen LogP contribution in [0.15, 0.2) is 29.2 Å². The normalized spacial score (nSPS) is 11.2. The van der Waals surface area contributed by atoms with Crippen molar-refractivity contribution in [1.82, 2.24) is 0 Å². The summed E-state index contributed by atoms with van der Waals surface area (Å²) in [5.74, 6) is -2.69. The molecule has 0 atom stereocenters. The van der Waals surface area contributed by atoms with Crippen LogP contribution >= 0.6 is 0 Å². The van der Waals surface area contributed by atoms with Crippen LogP contribution in [0.25, 0.3) is 0 Å². The molecule has 0 aromatic heterocycles. The number of Topliss-reactive ketones (excluding diaryl/α,β-unsaturated/α-hetero) is 1. The summed E-state index contributed by atoms with van der Waals surface area (Å²) in [6.07, 6.45) is -0.486. The second-order valence-electron chi connectivity index (χ2n) is 3.57. The number of hydrogen-bond donors (Lipinski definition) is 1. The van der Waals surface area contributed by atoms with Crippen molar-refractivity contribution in [2.24, 2.45) is 0 Å². The topological polar surface area (TPSA) is 97.7 Å². The van der Waals surface area contributed by atoms with Gasteiger partial charge in [-0.3, -0.25) is 8.98 Å². The summed E-state index contributed by atoms with van der Waals surface area (Å²) in [4.78, 5) is 20.9. The van der Waals surface area contributed by atoms with Gasteiger partial charge >= 0.3 is 5.97 Å². The fraction of sp³-hybridized carbons (Fsp3) is 0.273. The molecule has 0 aliphatic rings. The van der Waals surface area contributed by atoms with Crippen molar-refractivity contribution in [3.8, 4) is 0 Å². The molecule has 0 aliphatic heterocycles. The van der Waals surface area contributed by atoms with Crippen LogP contribution in [0.4, 0.5) is 0 Å². The highest BCUT2D eigenvalue weighted by molar-refractivity contribution is 7.86. The monoisotopic (exact) mass is 272 g/mol. The number of carboxylic acids is 1. The quantitative estimate of drug-likeness (QED) is 0.606. The van der Waals surface area contributed by atoms with E-state index in [-0.39, 0.29) is 4.90 Å². The van der Waals surface area contributed by atoms with Gasteiger partial charge in [-0.2, -0.15) is 8.42 Å². The molecule has 1 aromatic carbocycles. The number of aliphatic carboxylic acids is 1. The summed E-state index contributed by atoms with van der Waals surface area (Å²) in [6.45, 7) is 1.32. The van der Waals surface area contributed by atoms with Gasteiger partial charge in [0.15, 0.2) is 0 Å². The third kappa shape index (κ3) is 3.94. The molecule has 0 heterocycles. The zero-order valence-corrected chi connectivity index (χ0v) is 10.4. The number of carbonyl (C=O) groups excluding carboxylic acids is 1. The van der Waals surface area contributed by atoms with Crippen molar-refractivity contribution in [2.75, 3.05) is 6.61 Å². The van der Waals surface area contributed by atoms with Crippen molar-refractivity contribution in [2.45, 2.75) is 18.2 Å². The number of benzene rings is 1. The second-order valence-corrected chi connectivity index (χ2v) is 5.18. The Morgan fingerprint density at radius 2 is 1.78 bits per heavy atom. The predicted octanol–water partition coefficient (Wildman–Crippen LogP) is 0.744. The van der Waals surface area contributed by atoms with E-state index in [2.05, 4.69) is 4.18 Å². The summed E-state index contributed by atoms with van der Waals surface area (Å²) >= 11 is 0. The summed E-state index contributed by atoms with van der Waals surface area (Å²) in [5, 5.41) is 8.30. The average molecular weight is 272 g/mol. The molecule has 0 radical (unpaired) electrons. The van der Waals surface area contributed by atoms with Crippen molar-refractivity contribution in [1.29, 1.82) is 0 Å². The van der Waals surface area contributed by atoms with E-state index in [4.69, 9.17) is 5.11 Å². The Morgan fingerprint density at radius 3 is 2.28 bits per heavy atom. The van der Waals surface area contributed by atoms with Gasteiger partial charge in [0.2, 0.25) is 5.78 Å². The Kier molecular flexibility index (Phi) is 4.57. The summed E-state index contributed by atoms with van der Waals surface area (Å²) in [7, 11) is -3.94. The standard InChI is InChI=1S/C11H12O6S/c1-8-2-4-9(5-3-8)18(15,16)17-7-6-10(12)11(13)14/h2-5H,6-7H2,1H3,(H,13,14). The molecular formula is C11H12O6S. The second kappa shape index (κ2) is 5.74. The first-order chi connectivity index (χ1) is 8.33. The Balaban J connectivity index is 2.63. The lowest BCUT2D eigenvalue weighted by Crippen LogP contribution is -2.16. The summed E-state index contributed by atoms with van der Waals surface area (Å²) < 4.78 is 27.8. The largest absolute Gasteiger partial charge is 0.475 e. The summed E-state index contributed by atoms with van der Waals surface area (Å²) in [5.41, 5.74) is 0.898. The SMILES string of the molecule is Cc1ccc(S(=O)(=O)OCCC(=O)C(=O)O)cc1. The molecule has 0 bridgehead atoms. The zero-order chi connectivity index (χ0) is 13.8. The van der Waals surface area contributed by atoms with Crippen LogP contribution in [0.1, 0.15) is 12.0 Å². The lowest BCUT2D eigenvalue weighted by molar-refractivity contribution is -0.149. The van der Waals surface area contributed by atoms with Gasteiger partial charge in [-0.05, 0) is 19.1 Å². The molecule has 0 saturated carbocycles. The maximum Gasteiger partial charge on any atom is 0.372 e. The van der Waals surface area contributed by atoms with Gasteiger partial charge in [0.05, 0.1) is 11.5 Å². The van der Waals surface area contributed by atoms with Gasteiger partial charge in [0, 0.05) is 6.42 Å². The van der Waals surface area contributed by atoms with Crippen LogP contribution < -0.4 is 0 Å². The Hall–Kier alpha value is -1.73. The number of aryl methyl sites for hydroxylation is 1. The van der Waals surface area contributed by atoms with Crippen LogP contribution in [0.2, 0.25) is 0 Å². The number of carboxylic acid groups (broad SMARTS) is 1. The molecule has 7 heteroatoms. The highest BCUT2D eigenvalue weighted by Crippen LogP contribution is 2.13. The van der Waals surface area contributed by atoms with Crippen LogP contribution in [-0.4, -0.2) is 31.9 Å². The lowest BCUT2D eigenvalue weighted by atomic mass is 10.2. The van der Waals surface area contributed by atoms with E-state index in [1.54, 1.807) is 12.1 Å². The third-order valence-corrected chi connectivity index (χ3v) is 3.44. The fourth-order valence-electron chi connectivity index (χ4n) is 1.12. The number of hydrogen-bond acceptors (Lipinski definition) is 5. The van der Waals surface area contributed by atoms with Crippen LogP contribution in [0.5, 0.6) is 0 Å². The molecule has 0 amide bonds. The van der Waals surface area contributed by atoms with E-state index < -0.39 is 34.9 Å². The Labute approximate surface area is 104 Å². The minimum atomic E-state index is -3.94. The molecule has 0 fully saturated rings. The van der Waals surface area contributed by atoms with Gasteiger partial charge in [-0.1, -0.05) is 17.7 Å².